The SMILES string of the molecule is CN1CCN(C=CC(=O)NCc2ccc3c(c2)Oc2cc(C(F)(F)F)ccc2N3)CC1. The quantitative estimate of drug-likeness (QED) is 0.612. The Morgan fingerprint density at radius 3 is 2.48 bits per heavy atom. The third-order valence-electron chi connectivity index (χ3n) is 5.29. The number of fused-ring (bicyclic) bond motifs is 2. The average Bonchev–Trinajstić information content (AvgIpc) is 2.74. The van der Waals surface area contributed by atoms with E-state index in [4.69, 9.17) is 4.74 Å². The Morgan fingerprint density at radius 2 is 1.77 bits per heavy atom. The molecule has 4 rings (SSSR count). The van der Waals surface area contributed by atoms with Gasteiger partial charge >= 0.3 is 6.18 Å². The number of halogens is 3. The second-order valence-electron chi connectivity index (χ2n) is 7.64. The number of carbonyl (C=O) groups is 1. The van der Waals surface area contributed by atoms with Crippen molar-refractivity contribution >= 4 is 17.3 Å². The Balaban J connectivity index is 1.37. The lowest BCUT2D eigenvalue weighted by atomic mass is 10.1. The number of hydrogen-bond acceptors (Lipinski definition) is 5. The molecule has 2 heterocycles. The molecule has 2 aromatic rings. The van der Waals surface area contributed by atoms with Crippen LogP contribution in [0.2, 0.25) is 0 Å². The predicted octanol–water partition coefficient (Wildman–Crippen LogP) is 3.93. The van der Waals surface area contributed by atoms with Gasteiger partial charge in [-0.15, -0.1) is 0 Å². The van der Waals surface area contributed by atoms with Crippen molar-refractivity contribution in [3.63, 3.8) is 0 Å². The Morgan fingerprint density at radius 1 is 1.10 bits per heavy atom. The van der Waals surface area contributed by atoms with E-state index in [9.17, 15) is 18.0 Å². The van der Waals surface area contributed by atoms with Crippen LogP contribution in [0.3, 0.4) is 0 Å². The van der Waals surface area contributed by atoms with Gasteiger partial charge in [-0.3, -0.25) is 4.79 Å². The molecule has 0 aliphatic carbocycles. The number of nitrogens with zero attached hydrogens (tertiary/aromatic N) is 2. The van der Waals surface area contributed by atoms with Gasteiger partial charge in [0, 0.05) is 45.0 Å². The first-order valence-corrected chi connectivity index (χ1v) is 9.95. The summed E-state index contributed by atoms with van der Waals surface area (Å²) in [6, 6.07) is 8.65. The number of hydrogen-bond donors (Lipinski definition) is 2. The zero-order chi connectivity index (χ0) is 22.0. The van der Waals surface area contributed by atoms with Crippen LogP contribution in [0, 0.1) is 0 Å². The fourth-order valence-corrected chi connectivity index (χ4v) is 3.41. The van der Waals surface area contributed by atoms with Gasteiger partial charge in [0.2, 0.25) is 5.91 Å². The fourth-order valence-electron chi connectivity index (χ4n) is 3.41. The molecule has 0 unspecified atom stereocenters. The number of anilines is 2. The fraction of sp³-hybridized carbons (Fsp3) is 0.318. The molecule has 164 valence electrons. The number of amides is 1. The monoisotopic (exact) mass is 432 g/mol. The normalized spacial score (nSPS) is 16.3. The summed E-state index contributed by atoms with van der Waals surface area (Å²) in [5.74, 6) is 0.307. The van der Waals surface area contributed by atoms with Gasteiger partial charge in [-0.25, -0.2) is 0 Å². The minimum absolute atomic E-state index is 0.110. The predicted molar refractivity (Wildman–Crippen MR) is 111 cm³/mol. The number of rotatable bonds is 4. The Hall–Kier alpha value is -3.20. The molecule has 0 bridgehead atoms. The summed E-state index contributed by atoms with van der Waals surface area (Å²) in [7, 11) is 2.07. The Bertz CT molecular complexity index is 999. The van der Waals surface area contributed by atoms with Crippen molar-refractivity contribution in [2.45, 2.75) is 12.7 Å². The maximum atomic E-state index is 13.0. The Labute approximate surface area is 178 Å². The van der Waals surface area contributed by atoms with Crippen LogP contribution >= 0.6 is 0 Å². The second-order valence-corrected chi connectivity index (χ2v) is 7.64. The first-order valence-electron chi connectivity index (χ1n) is 9.95. The van der Waals surface area contributed by atoms with E-state index in [1.165, 1.54) is 12.1 Å². The molecule has 0 spiro atoms. The van der Waals surface area contributed by atoms with Crippen molar-refractivity contribution in [2.75, 3.05) is 38.5 Å². The molecule has 9 heteroatoms. The molecule has 6 nitrogen and oxygen atoms in total. The summed E-state index contributed by atoms with van der Waals surface area (Å²) < 4.78 is 44.6. The number of likely N-dealkylation sites (N-methyl/N-ethyl adjacent to an activating group) is 1. The third-order valence-corrected chi connectivity index (χ3v) is 5.29. The van der Waals surface area contributed by atoms with Crippen LogP contribution in [0.15, 0.2) is 48.7 Å². The highest BCUT2D eigenvalue weighted by Crippen LogP contribution is 2.44. The van der Waals surface area contributed by atoms with Crippen LogP contribution in [-0.2, 0) is 17.5 Å². The van der Waals surface area contributed by atoms with Crippen LogP contribution in [0.4, 0.5) is 24.5 Å². The summed E-state index contributed by atoms with van der Waals surface area (Å²) >= 11 is 0. The maximum Gasteiger partial charge on any atom is 0.416 e. The van der Waals surface area contributed by atoms with E-state index in [-0.39, 0.29) is 18.2 Å². The standard InChI is InChI=1S/C22H23F3N4O2/c1-28-8-10-29(11-9-28)7-6-21(30)26-14-15-2-4-17-19(12-15)31-20-13-16(22(23,24)25)3-5-18(20)27-17/h2-7,12-13,27H,8-11,14H2,1H3,(H,26,30). The van der Waals surface area contributed by atoms with E-state index in [1.807, 2.05) is 6.07 Å². The first kappa shape index (κ1) is 21.0. The number of alkyl halides is 3. The van der Waals surface area contributed by atoms with E-state index in [0.29, 0.717) is 17.1 Å². The largest absolute Gasteiger partial charge is 0.453 e. The molecule has 0 aromatic heterocycles. The number of carbonyl (C=O) groups excluding carboxylic acids is 1. The van der Waals surface area contributed by atoms with Crippen LogP contribution in [0.5, 0.6) is 11.5 Å². The van der Waals surface area contributed by atoms with E-state index in [0.717, 1.165) is 43.9 Å². The highest BCUT2D eigenvalue weighted by Gasteiger charge is 2.32. The van der Waals surface area contributed by atoms with Crippen molar-refractivity contribution in [3.8, 4) is 11.5 Å². The molecular weight excluding hydrogens is 409 g/mol. The summed E-state index contributed by atoms with van der Waals surface area (Å²) in [6.07, 6.45) is -1.13. The topological polar surface area (TPSA) is 56.8 Å². The molecule has 0 saturated carbocycles. The van der Waals surface area contributed by atoms with Crippen molar-refractivity contribution in [1.82, 2.24) is 15.1 Å². The van der Waals surface area contributed by atoms with Crippen LogP contribution in [0.25, 0.3) is 0 Å². The summed E-state index contributed by atoms with van der Waals surface area (Å²) in [5, 5.41) is 5.89. The third kappa shape index (κ3) is 5.11. The van der Waals surface area contributed by atoms with Gasteiger partial charge in [0.15, 0.2) is 11.5 Å². The van der Waals surface area contributed by atoms with Gasteiger partial charge in [0.1, 0.15) is 0 Å². The highest BCUT2D eigenvalue weighted by atomic mass is 19.4. The average molecular weight is 432 g/mol. The number of benzene rings is 2. The highest BCUT2D eigenvalue weighted by molar-refractivity contribution is 5.87. The van der Waals surface area contributed by atoms with Crippen LogP contribution in [0.1, 0.15) is 11.1 Å². The zero-order valence-corrected chi connectivity index (χ0v) is 17.0. The van der Waals surface area contributed by atoms with Crippen molar-refractivity contribution in [3.05, 3.63) is 59.8 Å². The second kappa shape index (κ2) is 8.50. The minimum atomic E-state index is -4.44. The van der Waals surface area contributed by atoms with Crippen LogP contribution in [-0.4, -0.2) is 48.9 Å². The molecule has 31 heavy (non-hydrogen) atoms. The molecule has 1 amide bonds. The lowest BCUT2D eigenvalue weighted by molar-refractivity contribution is -0.137. The van der Waals surface area contributed by atoms with Crippen LogP contribution < -0.4 is 15.4 Å². The van der Waals surface area contributed by atoms with Gasteiger partial charge in [-0.2, -0.15) is 13.2 Å². The number of ether oxygens (including phenoxy) is 1. The lowest BCUT2D eigenvalue weighted by Gasteiger charge is -2.31. The molecule has 1 saturated heterocycles. The van der Waals surface area contributed by atoms with Crippen molar-refractivity contribution < 1.29 is 22.7 Å². The number of nitrogens with one attached hydrogen (secondary N) is 2. The smallest absolute Gasteiger partial charge is 0.416 e. The van der Waals surface area contributed by atoms with Gasteiger partial charge in [-0.05, 0) is 42.9 Å². The van der Waals surface area contributed by atoms with Crippen molar-refractivity contribution in [2.24, 2.45) is 0 Å². The molecule has 1 fully saturated rings. The molecule has 0 atom stereocenters. The van der Waals surface area contributed by atoms with E-state index in [2.05, 4.69) is 27.5 Å². The van der Waals surface area contributed by atoms with E-state index >= 15 is 0 Å². The van der Waals surface area contributed by atoms with Gasteiger partial charge in [0.05, 0.1) is 16.9 Å². The minimum Gasteiger partial charge on any atom is -0.453 e. The van der Waals surface area contributed by atoms with Gasteiger partial charge in [-0.1, -0.05) is 6.07 Å². The molecule has 0 radical (unpaired) electrons. The van der Waals surface area contributed by atoms with E-state index < -0.39 is 11.7 Å². The summed E-state index contributed by atoms with van der Waals surface area (Å²) in [5.41, 5.74) is 1.12. The number of piperazine rings is 1. The summed E-state index contributed by atoms with van der Waals surface area (Å²) in [4.78, 5) is 16.5. The first-order chi connectivity index (χ1) is 14.8. The molecule has 2 aromatic carbocycles. The van der Waals surface area contributed by atoms with Gasteiger partial charge < -0.3 is 25.2 Å². The van der Waals surface area contributed by atoms with E-state index in [1.54, 1.807) is 18.3 Å². The zero-order valence-electron chi connectivity index (χ0n) is 17.0. The Kier molecular flexibility index (Phi) is 5.77. The molecule has 2 aliphatic rings. The summed E-state index contributed by atoms with van der Waals surface area (Å²) in [6.45, 7) is 3.96. The van der Waals surface area contributed by atoms with Gasteiger partial charge in [0.25, 0.3) is 0 Å². The molecule has 2 N–H and O–H groups in total. The lowest BCUT2D eigenvalue weighted by Crippen LogP contribution is -2.41. The van der Waals surface area contributed by atoms with Crippen molar-refractivity contribution in [1.29, 1.82) is 0 Å². The maximum absolute atomic E-state index is 13.0. The molecule has 2 aliphatic heterocycles. The molecular formula is C22H23F3N4O2.